The van der Waals surface area contributed by atoms with Gasteiger partial charge in [-0.05, 0) is 0 Å². The van der Waals surface area contributed by atoms with E-state index in [0.29, 0.717) is 0 Å². The summed E-state index contributed by atoms with van der Waals surface area (Å²) in [6.45, 7) is 0. The summed E-state index contributed by atoms with van der Waals surface area (Å²) in [5.41, 5.74) is 0. The number of halogens is 4. The van der Waals surface area contributed by atoms with Crippen molar-refractivity contribution in [3.05, 3.63) is 0 Å². The van der Waals surface area contributed by atoms with Gasteiger partial charge in [0.2, 0.25) is 5.78 Å². The molecule has 0 radical (unpaired) electrons. The third-order valence-corrected chi connectivity index (χ3v) is 1.18. The number of carbonyl (C=O) groups excluding carboxylic acids is 1. The summed E-state index contributed by atoms with van der Waals surface area (Å²) < 4.78 is 34.1. The van der Waals surface area contributed by atoms with E-state index in [0.717, 1.165) is 0 Å². The average molecular weight is 252 g/mol. The summed E-state index contributed by atoms with van der Waals surface area (Å²) in [6, 6.07) is 0. The minimum Gasteiger partial charge on any atom is -0.290 e. The smallest absolute Gasteiger partial charge is 0.290 e. The summed E-state index contributed by atoms with van der Waals surface area (Å²) >= 11 is 1.72. The molecule has 0 N–H and O–H groups in total. The minimum atomic E-state index is -4.63. The van der Waals surface area contributed by atoms with Crippen LogP contribution in [0, 0.1) is 0 Å². The molecule has 0 spiro atoms. The van der Waals surface area contributed by atoms with Crippen LogP contribution in [0.25, 0.3) is 0 Å². The van der Waals surface area contributed by atoms with E-state index in [1.807, 2.05) is 0 Å². The summed E-state index contributed by atoms with van der Waals surface area (Å²) in [4.78, 5) is 9.93. The van der Waals surface area contributed by atoms with Gasteiger partial charge in [-0.2, -0.15) is 13.2 Å². The molecule has 1 nitrogen and oxygen atoms in total. The van der Waals surface area contributed by atoms with Gasteiger partial charge < -0.3 is 0 Å². The van der Waals surface area contributed by atoms with Crippen molar-refractivity contribution >= 4 is 28.4 Å². The van der Waals surface area contributed by atoms with E-state index in [1.165, 1.54) is 0 Å². The van der Waals surface area contributed by atoms with Crippen LogP contribution in [0.5, 0.6) is 0 Å². The summed E-state index contributed by atoms with van der Waals surface area (Å²) in [6.07, 6.45) is -5.05. The number of alkyl halides is 4. The Hall–Kier alpha value is 0.190. The molecular weight excluding hydrogens is 248 g/mol. The monoisotopic (exact) mass is 252 g/mol. The lowest BCUT2D eigenvalue weighted by atomic mass is 10.3. The zero-order valence-electron chi connectivity index (χ0n) is 4.33. The number of hydrogen-bond acceptors (Lipinski definition) is 1. The standard InChI is InChI=1S/C4H4F3IO/c5-4(6,7)3(9)1-2-8/h1-2H2. The molecule has 0 aliphatic carbocycles. The Morgan fingerprint density at radius 2 is 1.89 bits per heavy atom. The van der Waals surface area contributed by atoms with Crippen LogP contribution in [-0.2, 0) is 4.79 Å². The highest BCUT2D eigenvalue weighted by Crippen LogP contribution is 2.17. The summed E-state index contributed by atoms with van der Waals surface area (Å²) in [5.74, 6) is -1.64. The molecule has 0 fully saturated rings. The Morgan fingerprint density at radius 3 is 2.00 bits per heavy atom. The summed E-state index contributed by atoms with van der Waals surface area (Å²) in [5, 5.41) is 0. The highest BCUT2D eigenvalue weighted by Gasteiger charge is 2.36. The van der Waals surface area contributed by atoms with Crippen LogP contribution < -0.4 is 0 Å². The van der Waals surface area contributed by atoms with Gasteiger partial charge in [0, 0.05) is 10.8 Å². The largest absolute Gasteiger partial charge is 0.449 e. The van der Waals surface area contributed by atoms with Gasteiger partial charge in [-0.1, -0.05) is 22.6 Å². The number of Topliss-reactive ketones (excluding diaryl/α,β-unsaturated/α-hetero) is 1. The average Bonchev–Trinajstić information content (AvgIpc) is 1.64. The normalized spacial score (nSPS) is 11.6. The van der Waals surface area contributed by atoms with E-state index in [4.69, 9.17) is 0 Å². The highest BCUT2D eigenvalue weighted by molar-refractivity contribution is 14.1. The lowest BCUT2D eigenvalue weighted by molar-refractivity contribution is -0.170. The van der Waals surface area contributed by atoms with Crippen LogP contribution in [0.4, 0.5) is 13.2 Å². The van der Waals surface area contributed by atoms with Gasteiger partial charge in [0.1, 0.15) is 0 Å². The lowest BCUT2D eigenvalue weighted by Crippen LogP contribution is -2.22. The Bertz CT molecular complexity index is 109. The second-order valence-corrected chi connectivity index (χ2v) is 2.44. The second-order valence-electron chi connectivity index (χ2n) is 1.36. The predicted molar refractivity (Wildman–Crippen MR) is 34.6 cm³/mol. The molecule has 0 rings (SSSR count). The fraction of sp³-hybridized carbons (Fsp3) is 0.750. The first kappa shape index (κ1) is 9.19. The topological polar surface area (TPSA) is 17.1 Å². The Balaban J connectivity index is 3.74. The van der Waals surface area contributed by atoms with E-state index in [2.05, 4.69) is 0 Å². The maximum absolute atomic E-state index is 11.3. The third-order valence-electron chi connectivity index (χ3n) is 0.638. The molecule has 0 bridgehead atoms. The van der Waals surface area contributed by atoms with Gasteiger partial charge in [0.15, 0.2) is 0 Å². The van der Waals surface area contributed by atoms with Crippen molar-refractivity contribution in [2.75, 3.05) is 4.43 Å². The Kier molecular flexibility index (Phi) is 3.45. The van der Waals surface area contributed by atoms with Crippen molar-refractivity contribution in [3.63, 3.8) is 0 Å². The van der Waals surface area contributed by atoms with Crippen molar-refractivity contribution in [2.45, 2.75) is 12.6 Å². The maximum Gasteiger partial charge on any atom is 0.449 e. The maximum atomic E-state index is 11.3. The van der Waals surface area contributed by atoms with E-state index in [-0.39, 0.29) is 4.43 Å². The zero-order chi connectivity index (χ0) is 7.49. The third kappa shape index (κ3) is 3.72. The first-order valence-corrected chi connectivity index (χ1v) is 3.67. The highest BCUT2D eigenvalue weighted by atomic mass is 127. The van der Waals surface area contributed by atoms with Crippen LogP contribution >= 0.6 is 22.6 Å². The number of rotatable bonds is 2. The Labute approximate surface area is 63.8 Å². The molecule has 5 heteroatoms. The first-order valence-electron chi connectivity index (χ1n) is 2.14. The fourth-order valence-corrected chi connectivity index (χ4v) is 0.717. The fourth-order valence-electron chi connectivity index (χ4n) is 0.228. The van der Waals surface area contributed by atoms with Crippen LogP contribution in [0.2, 0.25) is 0 Å². The molecule has 54 valence electrons. The van der Waals surface area contributed by atoms with Crippen LogP contribution in [-0.4, -0.2) is 16.4 Å². The molecular formula is C4H4F3IO. The molecule has 0 aromatic carbocycles. The molecule has 0 amide bonds. The van der Waals surface area contributed by atoms with Crippen LogP contribution in [0.1, 0.15) is 6.42 Å². The molecule has 0 aromatic rings. The molecule has 0 saturated carbocycles. The van der Waals surface area contributed by atoms with Crippen molar-refractivity contribution in [3.8, 4) is 0 Å². The molecule has 0 aliphatic rings. The SMILES string of the molecule is O=C(CCI)C(F)(F)F. The number of hydrogen-bond donors (Lipinski definition) is 0. The predicted octanol–water partition coefficient (Wildman–Crippen LogP) is 1.94. The van der Waals surface area contributed by atoms with Crippen molar-refractivity contribution in [2.24, 2.45) is 0 Å². The molecule has 0 heterocycles. The van der Waals surface area contributed by atoms with Gasteiger partial charge in [-0.15, -0.1) is 0 Å². The van der Waals surface area contributed by atoms with Gasteiger partial charge >= 0.3 is 6.18 Å². The molecule has 9 heavy (non-hydrogen) atoms. The molecule has 0 aliphatic heterocycles. The van der Waals surface area contributed by atoms with E-state index in [1.54, 1.807) is 22.6 Å². The number of carbonyl (C=O) groups is 1. The minimum absolute atomic E-state index is 0.218. The first-order chi connectivity index (χ1) is 3.98. The lowest BCUT2D eigenvalue weighted by Gasteiger charge is -2.00. The van der Waals surface area contributed by atoms with Crippen LogP contribution in [0.3, 0.4) is 0 Å². The van der Waals surface area contributed by atoms with Gasteiger partial charge in [-0.25, -0.2) is 0 Å². The molecule has 0 atom stereocenters. The number of ketones is 1. The van der Waals surface area contributed by atoms with Crippen molar-refractivity contribution in [1.29, 1.82) is 0 Å². The van der Waals surface area contributed by atoms with Crippen molar-refractivity contribution < 1.29 is 18.0 Å². The van der Waals surface area contributed by atoms with Crippen LogP contribution in [0.15, 0.2) is 0 Å². The second kappa shape index (κ2) is 3.38. The van der Waals surface area contributed by atoms with E-state index in [9.17, 15) is 18.0 Å². The zero-order valence-corrected chi connectivity index (χ0v) is 6.49. The van der Waals surface area contributed by atoms with Gasteiger partial charge in [-0.3, -0.25) is 4.79 Å². The quantitative estimate of drug-likeness (QED) is 0.542. The van der Waals surface area contributed by atoms with E-state index < -0.39 is 18.4 Å². The molecule has 0 unspecified atom stereocenters. The van der Waals surface area contributed by atoms with E-state index >= 15 is 0 Å². The van der Waals surface area contributed by atoms with Gasteiger partial charge in [0.25, 0.3) is 0 Å². The Morgan fingerprint density at radius 1 is 1.44 bits per heavy atom. The molecule has 0 aromatic heterocycles. The van der Waals surface area contributed by atoms with Gasteiger partial charge in [0.05, 0.1) is 0 Å². The summed E-state index contributed by atoms with van der Waals surface area (Å²) in [7, 11) is 0. The van der Waals surface area contributed by atoms with Crippen molar-refractivity contribution in [1.82, 2.24) is 0 Å². The molecule has 0 saturated heterocycles.